The number of nitro groups is 1. The first-order valence-electron chi connectivity index (χ1n) is 8.61. The predicted molar refractivity (Wildman–Crippen MR) is 116 cm³/mol. The minimum atomic E-state index is -0.535. The number of anilines is 1. The molecule has 154 valence electrons. The Balaban J connectivity index is 1.69. The molecular weight excluding hydrogens is 431 g/mol. The van der Waals surface area contributed by atoms with Crippen molar-refractivity contribution in [2.45, 2.75) is 6.61 Å². The Kier molecular flexibility index (Phi) is 7.05. The van der Waals surface area contributed by atoms with E-state index in [4.69, 9.17) is 32.7 Å². The van der Waals surface area contributed by atoms with Crippen molar-refractivity contribution in [3.8, 4) is 11.5 Å². The number of methoxy groups -OCH3 is 1. The van der Waals surface area contributed by atoms with Crippen LogP contribution in [0.15, 0.2) is 59.8 Å². The van der Waals surface area contributed by atoms with E-state index < -0.39 is 4.92 Å². The molecule has 1 heterocycles. The van der Waals surface area contributed by atoms with Crippen LogP contribution in [0.1, 0.15) is 11.1 Å². The Labute approximate surface area is 182 Å². The van der Waals surface area contributed by atoms with Gasteiger partial charge in [-0.1, -0.05) is 29.3 Å². The molecule has 0 spiro atoms. The summed E-state index contributed by atoms with van der Waals surface area (Å²) < 4.78 is 11.2. The lowest BCUT2D eigenvalue weighted by Gasteiger charge is -2.12. The number of aromatic nitrogens is 1. The van der Waals surface area contributed by atoms with E-state index in [0.717, 1.165) is 5.56 Å². The van der Waals surface area contributed by atoms with Crippen LogP contribution in [-0.4, -0.2) is 23.2 Å². The van der Waals surface area contributed by atoms with Gasteiger partial charge in [-0.05, 0) is 42.0 Å². The van der Waals surface area contributed by atoms with Crippen LogP contribution in [0, 0.1) is 10.1 Å². The normalized spacial score (nSPS) is 10.8. The number of pyridine rings is 1. The molecule has 0 unspecified atom stereocenters. The van der Waals surface area contributed by atoms with Gasteiger partial charge in [0.15, 0.2) is 11.5 Å². The molecule has 0 amide bonds. The van der Waals surface area contributed by atoms with Crippen LogP contribution in [0.25, 0.3) is 0 Å². The summed E-state index contributed by atoms with van der Waals surface area (Å²) >= 11 is 12.1. The van der Waals surface area contributed by atoms with Gasteiger partial charge in [0.25, 0.3) is 0 Å². The standard InChI is InChI=1S/C20H16Cl2N4O4/c1-29-19-9-13(11-24-25-20-17(26(27)28)3-2-8-23-20)4-7-18(19)30-12-14-5-6-15(21)10-16(14)22/h2-11H,12H2,1H3,(H,23,25)/b24-11-. The summed E-state index contributed by atoms with van der Waals surface area (Å²) in [7, 11) is 1.52. The highest BCUT2D eigenvalue weighted by Gasteiger charge is 2.13. The molecule has 10 heteroatoms. The van der Waals surface area contributed by atoms with Crippen LogP contribution in [-0.2, 0) is 6.61 Å². The minimum Gasteiger partial charge on any atom is -0.493 e. The second kappa shape index (κ2) is 9.91. The third-order valence-corrected chi connectivity index (χ3v) is 4.54. The number of rotatable bonds is 8. The summed E-state index contributed by atoms with van der Waals surface area (Å²) in [6, 6.07) is 13.2. The highest BCUT2D eigenvalue weighted by atomic mass is 35.5. The van der Waals surface area contributed by atoms with Crippen molar-refractivity contribution in [3.05, 3.63) is 86.0 Å². The molecule has 0 saturated heterocycles. The van der Waals surface area contributed by atoms with Crippen LogP contribution in [0.3, 0.4) is 0 Å². The molecule has 30 heavy (non-hydrogen) atoms. The fraction of sp³-hybridized carbons (Fsp3) is 0.100. The van der Waals surface area contributed by atoms with E-state index in [-0.39, 0.29) is 18.1 Å². The smallest absolute Gasteiger partial charge is 0.313 e. The van der Waals surface area contributed by atoms with Crippen molar-refractivity contribution in [2.75, 3.05) is 12.5 Å². The first-order chi connectivity index (χ1) is 14.5. The lowest BCUT2D eigenvalue weighted by molar-refractivity contribution is -0.384. The molecule has 3 aromatic rings. The first kappa shape index (κ1) is 21.4. The van der Waals surface area contributed by atoms with Crippen LogP contribution < -0.4 is 14.9 Å². The van der Waals surface area contributed by atoms with Gasteiger partial charge in [0.2, 0.25) is 5.82 Å². The number of nitrogens with zero attached hydrogens (tertiary/aromatic N) is 3. The van der Waals surface area contributed by atoms with Crippen molar-refractivity contribution in [3.63, 3.8) is 0 Å². The van der Waals surface area contributed by atoms with Gasteiger partial charge in [-0.15, -0.1) is 0 Å². The molecular formula is C20H16Cl2N4O4. The molecule has 0 bridgehead atoms. The lowest BCUT2D eigenvalue weighted by atomic mass is 10.2. The lowest BCUT2D eigenvalue weighted by Crippen LogP contribution is -2.00. The second-order valence-electron chi connectivity index (χ2n) is 5.93. The van der Waals surface area contributed by atoms with E-state index in [9.17, 15) is 10.1 Å². The molecule has 0 aliphatic carbocycles. The monoisotopic (exact) mass is 446 g/mol. The van der Waals surface area contributed by atoms with Crippen LogP contribution in [0.5, 0.6) is 11.5 Å². The molecule has 0 saturated carbocycles. The largest absolute Gasteiger partial charge is 0.493 e. The van der Waals surface area contributed by atoms with E-state index in [1.807, 2.05) is 0 Å². The van der Waals surface area contributed by atoms with Crippen molar-refractivity contribution >= 4 is 40.9 Å². The maximum absolute atomic E-state index is 11.0. The zero-order valence-corrected chi connectivity index (χ0v) is 17.2. The van der Waals surface area contributed by atoms with E-state index in [0.29, 0.717) is 27.1 Å². The third kappa shape index (κ3) is 5.37. The fourth-order valence-corrected chi connectivity index (χ4v) is 2.94. The van der Waals surface area contributed by atoms with Gasteiger partial charge in [-0.3, -0.25) is 15.5 Å². The first-order valence-corrected chi connectivity index (χ1v) is 9.37. The number of benzene rings is 2. The average molecular weight is 447 g/mol. The maximum Gasteiger partial charge on any atom is 0.313 e. The topological polar surface area (TPSA) is 98.9 Å². The number of hydrogen-bond acceptors (Lipinski definition) is 7. The zero-order valence-electron chi connectivity index (χ0n) is 15.7. The second-order valence-corrected chi connectivity index (χ2v) is 6.78. The van der Waals surface area contributed by atoms with E-state index in [1.165, 1.54) is 31.7 Å². The number of ether oxygens (including phenoxy) is 2. The van der Waals surface area contributed by atoms with Crippen LogP contribution >= 0.6 is 23.2 Å². The van der Waals surface area contributed by atoms with Gasteiger partial charge in [-0.25, -0.2) is 4.98 Å². The van der Waals surface area contributed by atoms with Gasteiger partial charge in [0, 0.05) is 27.9 Å². The van der Waals surface area contributed by atoms with Crippen molar-refractivity contribution in [2.24, 2.45) is 5.10 Å². The summed E-state index contributed by atoms with van der Waals surface area (Å²) in [5, 5.41) is 16.1. The van der Waals surface area contributed by atoms with Gasteiger partial charge >= 0.3 is 5.69 Å². The van der Waals surface area contributed by atoms with Gasteiger partial charge in [0.05, 0.1) is 18.2 Å². The average Bonchev–Trinajstić information content (AvgIpc) is 2.74. The zero-order chi connectivity index (χ0) is 21.5. The minimum absolute atomic E-state index is 0.0468. The molecule has 1 aromatic heterocycles. The van der Waals surface area contributed by atoms with Gasteiger partial charge in [-0.2, -0.15) is 5.10 Å². The van der Waals surface area contributed by atoms with Gasteiger partial charge < -0.3 is 9.47 Å². The highest BCUT2D eigenvalue weighted by molar-refractivity contribution is 6.35. The molecule has 0 fully saturated rings. The third-order valence-electron chi connectivity index (χ3n) is 3.95. The molecule has 0 atom stereocenters. The Hall–Kier alpha value is -3.36. The van der Waals surface area contributed by atoms with Gasteiger partial charge in [0.1, 0.15) is 6.61 Å². The number of nitrogens with one attached hydrogen (secondary N) is 1. The molecule has 0 aliphatic rings. The molecule has 2 aromatic carbocycles. The van der Waals surface area contributed by atoms with E-state index in [1.54, 1.807) is 36.4 Å². The van der Waals surface area contributed by atoms with Crippen molar-refractivity contribution in [1.82, 2.24) is 4.98 Å². The molecule has 8 nitrogen and oxygen atoms in total. The Morgan fingerprint density at radius 3 is 2.77 bits per heavy atom. The maximum atomic E-state index is 11.0. The number of halogens is 2. The molecule has 3 rings (SSSR count). The predicted octanol–water partition coefficient (Wildman–Crippen LogP) is 5.33. The van der Waals surface area contributed by atoms with Crippen molar-refractivity contribution < 1.29 is 14.4 Å². The summed E-state index contributed by atoms with van der Waals surface area (Å²) in [5.74, 6) is 1.06. The highest BCUT2D eigenvalue weighted by Crippen LogP contribution is 2.30. The number of hydrazone groups is 1. The quantitative estimate of drug-likeness (QED) is 0.285. The summed E-state index contributed by atoms with van der Waals surface area (Å²) in [6.45, 7) is 0.241. The fourth-order valence-electron chi connectivity index (χ4n) is 2.48. The Morgan fingerprint density at radius 2 is 2.03 bits per heavy atom. The SMILES string of the molecule is COc1cc(/C=N\Nc2ncccc2[N+](=O)[O-])ccc1OCc1ccc(Cl)cc1Cl. The summed E-state index contributed by atoms with van der Waals surface area (Å²) in [5.41, 5.74) is 3.88. The summed E-state index contributed by atoms with van der Waals surface area (Å²) in [6.07, 6.45) is 2.92. The van der Waals surface area contributed by atoms with Crippen LogP contribution in [0.4, 0.5) is 11.5 Å². The molecule has 1 N–H and O–H groups in total. The number of hydrogen-bond donors (Lipinski definition) is 1. The van der Waals surface area contributed by atoms with E-state index in [2.05, 4.69) is 15.5 Å². The molecule has 0 aliphatic heterocycles. The van der Waals surface area contributed by atoms with Crippen molar-refractivity contribution in [1.29, 1.82) is 0 Å². The van der Waals surface area contributed by atoms with Crippen LogP contribution in [0.2, 0.25) is 10.0 Å². The Bertz CT molecular complexity index is 1090. The summed E-state index contributed by atoms with van der Waals surface area (Å²) in [4.78, 5) is 14.4. The Morgan fingerprint density at radius 1 is 1.20 bits per heavy atom. The van der Waals surface area contributed by atoms with E-state index >= 15 is 0 Å². The molecule has 0 radical (unpaired) electrons.